The third-order valence-corrected chi connectivity index (χ3v) is 13.0. The first-order valence-electron chi connectivity index (χ1n) is 21.7. The van der Waals surface area contributed by atoms with Crippen molar-refractivity contribution in [3.05, 3.63) is 271 Å². The zero-order chi connectivity index (χ0) is 41.7. The second-order valence-corrected chi connectivity index (χ2v) is 16.4. The van der Waals surface area contributed by atoms with Gasteiger partial charge in [0, 0.05) is 27.8 Å². The van der Waals surface area contributed by atoms with Gasteiger partial charge in [0.1, 0.15) is 11.2 Å². The molecule has 0 saturated heterocycles. The lowest BCUT2D eigenvalue weighted by atomic mass is 9.67. The lowest BCUT2D eigenvalue weighted by Gasteiger charge is -2.33. The number of hydrogen-bond donors (Lipinski definition) is 0. The number of furan rings is 1. The number of rotatable bonds is 8. The Hall–Kier alpha value is -8.20. The van der Waals surface area contributed by atoms with Gasteiger partial charge in [0.15, 0.2) is 0 Å². The van der Waals surface area contributed by atoms with E-state index in [9.17, 15) is 0 Å². The molecule has 1 aliphatic rings. The summed E-state index contributed by atoms with van der Waals surface area (Å²) in [6.45, 7) is 0. The average Bonchev–Trinajstić information content (AvgIpc) is 3.90. The molecule has 0 saturated carbocycles. The molecule has 63 heavy (non-hydrogen) atoms. The molecule has 0 fully saturated rings. The van der Waals surface area contributed by atoms with Crippen molar-refractivity contribution in [1.29, 1.82) is 0 Å². The van der Waals surface area contributed by atoms with Gasteiger partial charge in [0.2, 0.25) is 0 Å². The normalized spacial score (nSPS) is 12.6. The second-order valence-electron chi connectivity index (χ2n) is 16.4. The SMILES string of the molecule is c1ccc(-c2ccc(N(c3ccc(-c4ccc5c(c4)-c4ccccc4C5(c4ccccc4)c4ccccc4)cc3)c3ccc(-c4cccc5oc6ccccc6c45)cc3)cc2)cc1. The molecule has 1 aliphatic carbocycles. The van der Waals surface area contributed by atoms with Crippen molar-refractivity contribution in [2.45, 2.75) is 5.41 Å². The van der Waals surface area contributed by atoms with Gasteiger partial charge < -0.3 is 9.32 Å². The second kappa shape index (κ2) is 15.1. The van der Waals surface area contributed by atoms with E-state index in [0.717, 1.165) is 50.1 Å². The Morgan fingerprint density at radius 1 is 0.302 bits per heavy atom. The Balaban J connectivity index is 0.943. The van der Waals surface area contributed by atoms with Crippen LogP contribution >= 0.6 is 0 Å². The van der Waals surface area contributed by atoms with Gasteiger partial charge in [-0.3, -0.25) is 0 Å². The summed E-state index contributed by atoms with van der Waals surface area (Å²) in [6.07, 6.45) is 0. The standard InChI is InChI=1S/C61H41NO/c1-4-15-42(16-5-1)43-27-34-49(35-28-43)62(51-38-31-45(32-39-51)52-23-14-26-59-60(52)54-22-11-13-25-58(54)63-59)50-36-29-44(30-37-50)46-33-40-57-55(41-46)53-21-10-12-24-56(53)61(57,47-17-6-2-7-18-47)48-19-8-3-9-20-48/h1-41H. The molecule has 10 aromatic carbocycles. The van der Waals surface area contributed by atoms with E-state index in [1.807, 2.05) is 12.1 Å². The van der Waals surface area contributed by atoms with Crippen LogP contribution in [0.2, 0.25) is 0 Å². The predicted molar refractivity (Wildman–Crippen MR) is 262 cm³/mol. The molecule has 1 aromatic heterocycles. The molecule has 0 spiro atoms. The first kappa shape index (κ1) is 36.6. The number of fused-ring (bicyclic) bond motifs is 6. The summed E-state index contributed by atoms with van der Waals surface area (Å²) in [7, 11) is 0. The molecule has 296 valence electrons. The van der Waals surface area contributed by atoms with Crippen LogP contribution in [0.4, 0.5) is 17.1 Å². The van der Waals surface area contributed by atoms with Crippen molar-refractivity contribution >= 4 is 39.0 Å². The van der Waals surface area contributed by atoms with Gasteiger partial charge in [-0.05, 0) is 121 Å². The number of anilines is 3. The minimum Gasteiger partial charge on any atom is -0.456 e. The summed E-state index contributed by atoms with van der Waals surface area (Å²) >= 11 is 0. The van der Waals surface area contributed by atoms with Crippen LogP contribution in [-0.4, -0.2) is 0 Å². The highest BCUT2D eigenvalue weighted by Gasteiger charge is 2.45. The van der Waals surface area contributed by atoms with Gasteiger partial charge in [-0.15, -0.1) is 0 Å². The van der Waals surface area contributed by atoms with Crippen LogP contribution in [0.3, 0.4) is 0 Å². The molecule has 11 aromatic rings. The molecule has 0 aliphatic heterocycles. The van der Waals surface area contributed by atoms with Crippen LogP contribution in [0.15, 0.2) is 253 Å². The highest BCUT2D eigenvalue weighted by atomic mass is 16.3. The Morgan fingerprint density at radius 3 is 1.41 bits per heavy atom. The van der Waals surface area contributed by atoms with Gasteiger partial charge >= 0.3 is 0 Å². The molecule has 2 nitrogen and oxygen atoms in total. The Labute approximate surface area is 367 Å². The van der Waals surface area contributed by atoms with E-state index in [2.05, 4.69) is 241 Å². The van der Waals surface area contributed by atoms with Crippen molar-refractivity contribution in [3.8, 4) is 44.5 Å². The molecule has 1 heterocycles. The molecule has 0 radical (unpaired) electrons. The third-order valence-electron chi connectivity index (χ3n) is 13.0. The maximum absolute atomic E-state index is 6.25. The zero-order valence-electron chi connectivity index (χ0n) is 34.5. The van der Waals surface area contributed by atoms with E-state index in [1.54, 1.807) is 0 Å². The van der Waals surface area contributed by atoms with Crippen LogP contribution in [0.1, 0.15) is 22.3 Å². The maximum atomic E-state index is 6.25. The number of para-hydroxylation sites is 1. The lowest BCUT2D eigenvalue weighted by Crippen LogP contribution is -2.28. The van der Waals surface area contributed by atoms with Crippen molar-refractivity contribution in [1.82, 2.24) is 0 Å². The Bertz CT molecular complexity index is 3370. The van der Waals surface area contributed by atoms with Crippen LogP contribution < -0.4 is 4.90 Å². The molecule has 0 amide bonds. The van der Waals surface area contributed by atoms with Crippen molar-refractivity contribution in [2.75, 3.05) is 4.90 Å². The van der Waals surface area contributed by atoms with E-state index < -0.39 is 5.41 Å². The fraction of sp³-hybridized carbons (Fsp3) is 0.0164. The highest BCUT2D eigenvalue weighted by Crippen LogP contribution is 2.56. The van der Waals surface area contributed by atoms with Gasteiger partial charge in [-0.25, -0.2) is 0 Å². The zero-order valence-corrected chi connectivity index (χ0v) is 34.5. The highest BCUT2D eigenvalue weighted by molar-refractivity contribution is 6.12. The van der Waals surface area contributed by atoms with Crippen LogP contribution in [0, 0.1) is 0 Å². The molecular formula is C61H41NO. The average molecular weight is 804 g/mol. The van der Waals surface area contributed by atoms with E-state index in [4.69, 9.17) is 4.42 Å². The topological polar surface area (TPSA) is 16.4 Å². The molecule has 0 N–H and O–H groups in total. The largest absolute Gasteiger partial charge is 0.456 e. The van der Waals surface area contributed by atoms with Crippen LogP contribution in [0.25, 0.3) is 66.4 Å². The quantitative estimate of drug-likeness (QED) is 0.152. The molecule has 2 heteroatoms. The molecule has 0 atom stereocenters. The summed E-state index contributed by atoms with van der Waals surface area (Å²) in [5, 5.41) is 2.28. The van der Waals surface area contributed by atoms with Crippen molar-refractivity contribution < 1.29 is 4.42 Å². The van der Waals surface area contributed by atoms with E-state index in [1.165, 1.54) is 55.6 Å². The molecule has 12 rings (SSSR count). The fourth-order valence-corrected chi connectivity index (χ4v) is 10.1. The van der Waals surface area contributed by atoms with Crippen LogP contribution in [0.5, 0.6) is 0 Å². The smallest absolute Gasteiger partial charge is 0.136 e. The third kappa shape index (κ3) is 6.02. The first-order chi connectivity index (χ1) is 31.2. The monoisotopic (exact) mass is 803 g/mol. The summed E-state index contributed by atoms with van der Waals surface area (Å²) in [5.41, 5.74) is 19.4. The molecule has 0 bridgehead atoms. The summed E-state index contributed by atoms with van der Waals surface area (Å²) < 4.78 is 6.25. The minimum absolute atomic E-state index is 0.415. The Morgan fingerprint density at radius 2 is 0.762 bits per heavy atom. The number of nitrogens with zero attached hydrogens (tertiary/aromatic N) is 1. The van der Waals surface area contributed by atoms with Gasteiger partial charge in [-0.1, -0.05) is 194 Å². The summed E-state index contributed by atoms with van der Waals surface area (Å²) in [6, 6.07) is 90.1. The predicted octanol–water partition coefficient (Wildman–Crippen LogP) is 16.4. The number of benzene rings is 10. The van der Waals surface area contributed by atoms with E-state index in [-0.39, 0.29) is 0 Å². The first-order valence-corrected chi connectivity index (χ1v) is 21.7. The minimum atomic E-state index is -0.415. The van der Waals surface area contributed by atoms with Gasteiger partial charge in [0.25, 0.3) is 0 Å². The molecular weight excluding hydrogens is 763 g/mol. The molecule has 0 unspecified atom stereocenters. The van der Waals surface area contributed by atoms with Crippen molar-refractivity contribution in [3.63, 3.8) is 0 Å². The summed E-state index contributed by atoms with van der Waals surface area (Å²) in [4.78, 5) is 2.35. The van der Waals surface area contributed by atoms with Crippen LogP contribution in [-0.2, 0) is 5.41 Å². The van der Waals surface area contributed by atoms with E-state index in [0.29, 0.717) is 0 Å². The number of hydrogen-bond acceptors (Lipinski definition) is 2. The maximum Gasteiger partial charge on any atom is 0.136 e. The Kier molecular flexibility index (Phi) is 8.76. The van der Waals surface area contributed by atoms with Gasteiger partial charge in [0.05, 0.1) is 5.41 Å². The summed E-state index contributed by atoms with van der Waals surface area (Å²) in [5.74, 6) is 0. The van der Waals surface area contributed by atoms with Gasteiger partial charge in [-0.2, -0.15) is 0 Å². The lowest BCUT2D eigenvalue weighted by molar-refractivity contribution is 0.669. The fourth-order valence-electron chi connectivity index (χ4n) is 10.1. The van der Waals surface area contributed by atoms with Crippen molar-refractivity contribution in [2.24, 2.45) is 0 Å². The van der Waals surface area contributed by atoms with E-state index >= 15 is 0 Å².